The van der Waals surface area contributed by atoms with Gasteiger partial charge in [-0.25, -0.2) is 29.9 Å². The molecule has 2 aliphatic carbocycles. The van der Waals surface area contributed by atoms with Crippen molar-refractivity contribution in [2.45, 2.75) is 133 Å². The highest BCUT2D eigenvalue weighted by molar-refractivity contribution is 7.00. The normalized spacial score (nSPS) is 22.8. The Morgan fingerprint density at radius 3 is 1.20 bits per heavy atom. The first-order valence-corrected chi connectivity index (χ1v) is 35.6. The number of aromatic nitrogens is 8. The zero-order valence-electron chi connectivity index (χ0n) is 53.0. The maximum absolute atomic E-state index is 12.9. The number of nitrogens with one attached hydrogen (secondary N) is 2. The molecule has 10 aromatic rings. The first kappa shape index (κ1) is 62.9. The van der Waals surface area contributed by atoms with Crippen LogP contribution >= 0.6 is 0 Å². The van der Waals surface area contributed by atoms with Crippen LogP contribution in [0.25, 0.3) is 22.3 Å². The molecule has 4 aromatic heterocycles. The van der Waals surface area contributed by atoms with Crippen molar-refractivity contribution in [3.8, 4) is 0 Å². The van der Waals surface area contributed by atoms with E-state index in [1.54, 1.807) is 49.1 Å². The van der Waals surface area contributed by atoms with Gasteiger partial charge in [0, 0.05) is 55.6 Å². The van der Waals surface area contributed by atoms with E-state index in [1.165, 1.54) is 40.3 Å². The van der Waals surface area contributed by atoms with Crippen LogP contribution in [0, 0.1) is 11.8 Å². The molecule has 2 saturated carbocycles. The summed E-state index contributed by atoms with van der Waals surface area (Å²) in [5, 5.41) is 21.4. The predicted molar refractivity (Wildman–Crippen MR) is 359 cm³/mol. The van der Waals surface area contributed by atoms with Gasteiger partial charge in [-0.05, 0) is 55.1 Å². The van der Waals surface area contributed by atoms with Gasteiger partial charge in [0.15, 0.2) is 34.0 Å². The van der Waals surface area contributed by atoms with Crippen molar-refractivity contribution in [2.24, 2.45) is 11.8 Å². The lowest BCUT2D eigenvalue weighted by atomic mass is 10.0. The molecule has 0 spiro atoms. The molecule has 19 nitrogen and oxygen atoms in total. The molecule has 6 aromatic carbocycles. The van der Waals surface area contributed by atoms with Crippen molar-refractivity contribution in [3.63, 3.8) is 0 Å². The smallest absolute Gasteiger partial charge is 0.302 e. The van der Waals surface area contributed by atoms with E-state index in [9.17, 15) is 19.5 Å². The Balaban J connectivity index is 0.000000170. The average Bonchev–Trinajstić information content (AvgIpc) is 1.72. The van der Waals surface area contributed by atoms with Gasteiger partial charge in [0.2, 0.25) is 0 Å². The number of imidazole rings is 2. The molecule has 10 atom stereocenters. The summed E-state index contributed by atoms with van der Waals surface area (Å²) in [7, 11) is -5.74. The molecule has 4 aliphatic rings. The molecule has 6 heterocycles. The van der Waals surface area contributed by atoms with Crippen LogP contribution in [0.3, 0.4) is 0 Å². The molecule has 21 heteroatoms. The number of rotatable bonds is 15. The molecule has 1 unspecified atom stereocenters. The van der Waals surface area contributed by atoms with Gasteiger partial charge >= 0.3 is 5.97 Å². The summed E-state index contributed by atoms with van der Waals surface area (Å²) in [5.41, 5.74) is 3.06. The third-order valence-corrected chi connectivity index (χ3v) is 28.9. The Morgan fingerprint density at radius 1 is 0.473 bits per heavy atom. The number of aliphatic hydroxyl groups is 1. The molecule has 0 radical (unpaired) electrons. The molecule has 0 bridgehead atoms. The molecule has 2 aliphatic heterocycles. The Bertz CT molecular complexity index is 4180. The minimum Gasteiger partial charge on any atom is -0.460 e. The second-order valence-electron chi connectivity index (χ2n) is 26.5. The number of amides is 2. The monoisotopic (exact) mass is 1280 g/mol. The van der Waals surface area contributed by atoms with Gasteiger partial charge in [0.1, 0.15) is 37.3 Å². The van der Waals surface area contributed by atoms with Crippen molar-refractivity contribution in [1.29, 1.82) is 0 Å². The maximum Gasteiger partial charge on any atom is 0.302 e. The molecule has 14 rings (SSSR count). The van der Waals surface area contributed by atoms with E-state index < -0.39 is 41.3 Å². The van der Waals surface area contributed by atoms with Crippen molar-refractivity contribution in [1.82, 2.24) is 39.0 Å². The van der Waals surface area contributed by atoms with Crippen LogP contribution in [0.4, 0.5) is 11.6 Å². The number of fused-ring (bicyclic) bond motifs is 4. The number of hydrogen-bond acceptors (Lipinski definition) is 15. The quantitative estimate of drug-likeness (QED) is 0.0641. The first-order valence-electron chi connectivity index (χ1n) is 31.7. The summed E-state index contributed by atoms with van der Waals surface area (Å²) < 4.78 is 38.0. The molecule has 4 fully saturated rings. The highest BCUT2D eigenvalue weighted by atomic mass is 28.4. The van der Waals surface area contributed by atoms with Gasteiger partial charge in [-0.1, -0.05) is 199 Å². The highest BCUT2D eigenvalue weighted by Gasteiger charge is 2.60. The molecular formula is C72H76N10O9Si2. The van der Waals surface area contributed by atoms with Crippen LogP contribution in [0.15, 0.2) is 207 Å². The van der Waals surface area contributed by atoms with E-state index in [4.69, 9.17) is 23.1 Å². The summed E-state index contributed by atoms with van der Waals surface area (Å²) in [6.45, 7) is 15.0. The Hall–Kier alpha value is -8.94. The molecule has 3 N–H and O–H groups in total. The molecular weight excluding hydrogens is 1210 g/mol. The zero-order chi connectivity index (χ0) is 64.7. The fourth-order valence-corrected chi connectivity index (χ4v) is 24.1. The molecule has 476 valence electrons. The standard InChI is InChI=1S/C37H39N5O5Si.C35H37N5O4Si/c1-24(43)45-30-21-29(47-48(37(2,3)4,26-16-10-6-11-17-26)27-18-12-7-13-19-27)28-20-31(46-33(28)30)42-23-40-32-34(38-22-39-35(32)42)41-36(44)25-14-8-5-9-15-25;1-35(2,3)45(24-15-9-5-10-16-24,25-17-11-6-12-18-25)44-28-20-27(41)31-26(28)19-29(43-31)40-22-38-30-32(36-21-37-33(30)40)39-34(42)23-13-7-4-8-14-23/h5-19,22-23,28-31,33H,20-21H2,1-4H3,(H,38,39,41,44);4-18,21-22,26-29,31,41H,19-20H2,1-3H3,(H,36,37,39,42)/t28-,29+,30+,31?,33-;26-,27+,28+,29+,31-/m00/s1. The molecule has 2 saturated heterocycles. The predicted octanol–water partition coefficient (Wildman–Crippen LogP) is 9.96. The van der Waals surface area contributed by atoms with Crippen LogP contribution in [0.2, 0.25) is 10.1 Å². The van der Waals surface area contributed by atoms with Crippen molar-refractivity contribution < 1.29 is 42.6 Å². The fourth-order valence-electron chi connectivity index (χ4n) is 14.6. The summed E-state index contributed by atoms with van der Waals surface area (Å²) in [5.74, 6) is -0.347. The van der Waals surface area contributed by atoms with Gasteiger partial charge in [-0.3, -0.25) is 23.5 Å². The Labute approximate surface area is 542 Å². The number of esters is 1. The summed E-state index contributed by atoms with van der Waals surface area (Å²) in [6, 6.07) is 60.2. The molecule has 93 heavy (non-hydrogen) atoms. The lowest BCUT2D eigenvalue weighted by molar-refractivity contribution is -0.154. The minimum absolute atomic E-state index is 0.0248. The van der Waals surface area contributed by atoms with Crippen LogP contribution in [0.5, 0.6) is 0 Å². The number of anilines is 2. The topological polar surface area (TPSA) is 229 Å². The summed E-state index contributed by atoms with van der Waals surface area (Å²) in [6.07, 6.45) is 5.28. The van der Waals surface area contributed by atoms with E-state index >= 15 is 0 Å². The third kappa shape index (κ3) is 12.0. The van der Waals surface area contributed by atoms with Crippen molar-refractivity contribution >= 4 is 89.1 Å². The number of ether oxygens (including phenoxy) is 3. The number of hydrogen-bond donors (Lipinski definition) is 3. The van der Waals surface area contributed by atoms with Crippen molar-refractivity contribution in [3.05, 3.63) is 218 Å². The number of carbonyl (C=O) groups excluding carboxylic acids is 3. The summed E-state index contributed by atoms with van der Waals surface area (Å²) in [4.78, 5) is 64.9. The largest absolute Gasteiger partial charge is 0.460 e. The Morgan fingerprint density at radius 2 is 0.828 bits per heavy atom. The summed E-state index contributed by atoms with van der Waals surface area (Å²) >= 11 is 0. The number of aliphatic hydroxyl groups excluding tert-OH is 1. The van der Waals surface area contributed by atoms with E-state index in [1.807, 2.05) is 57.7 Å². The van der Waals surface area contributed by atoms with E-state index in [-0.39, 0.29) is 64.1 Å². The second kappa shape index (κ2) is 25.9. The van der Waals surface area contributed by atoms with Crippen molar-refractivity contribution in [2.75, 3.05) is 10.6 Å². The van der Waals surface area contributed by atoms with Gasteiger partial charge in [-0.15, -0.1) is 0 Å². The van der Waals surface area contributed by atoms with E-state index in [0.717, 1.165) is 0 Å². The fraction of sp³-hybridized carbons (Fsp3) is 0.319. The minimum atomic E-state index is -2.90. The van der Waals surface area contributed by atoms with E-state index in [2.05, 4.69) is 179 Å². The van der Waals surface area contributed by atoms with Gasteiger partial charge in [0.05, 0.1) is 37.1 Å². The number of benzene rings is 6. The lowest BCUT2D eigenvalue weighted by Gasteiger charge is -2.45. The second-order valence-corrected chi connectivity index (χ2v) is 35.0. The zero-order valence-corrected chi connectivity index (χ0v) is 55.0. The average molecular weight is 1280 g/mol. The number of nitrogens with zero attached hydrogens (tertiary/aromatic N) is 8. The molecule has 2 amide bonds. The van der Waals surface area contributed by atoms with E-state index in [0.29, 0.717) is 70.8 Å². The van der Waals surface area contributed by atoms with Gasteiger partial charge in [-0.2, -0.15) is 0 Å². The first-order chi connectivity index (χ1) is 44.9. The van der Waals surface area contributed by atoms with Gasteiger partial charge in [0.25, 0.3) is 28.4 Å². The third-order valence-electron chi connectivity index (χ3n) is 18.7. The maximum atomic E-state index is 12.9. The Kier molecular flexibility index (Phi) is 17.5. The van der Waals surface area contributed by atoms with Crippen LogP contribution < -0.4 is 31.4 Å². The number of carbonyl (C=O) groups is 3. The van der Waals surface area contributed by atoms with Crippen LogP contribution in [-0.4, -0.2) is 115 Å². The van der Waals surface area contributed by atoms with Crippen LogP contribution in [0.1, 0.15) is 107 Å². The van der Waals surface area contributed by atoms with Crippen LogP contribution in [-0.2, 0) is 27.9 Å². The SMILES string of the molecule is CC(=O)O[C@@H]1C[C@@H](O[Si](c2ccccc2)(c2ccccc2)C(C)(C)C)[C@@H]2CC(n3cnc4c(NC(=O)c5ccccc5)ncnc43)O[C@@H]21.CC(C)(C)[Si](O[C@@H]1C[C@@H](O)[C@H]2O[C@@H](n3cnc4c(NC(=O)c5ccccc5)ncnc43)C[C@H]21)(c1ccccc1)c1ccccc1. The lowest BCUT2D eigenvalue weighted by Crippen LogP contribution is -2.68. The van der Waals surface area contributed by atoms with Gasteiger partial charge < -0.3 is 38.8 Å². The highest BCUT2D eigenvalue weighted by Crippen LogP contribution is 2.51.